The summed E-state index contributed by atoms with van der Waals surface area (Å²) in [6.45, 7) is 0.166. The highest BCUT2D eigenvalue weighted by atomic mass is 16.7. The second-order valence-corrected chi connectivity index (χ2v) is 3.91. The Hall–Kier alpha value is -1.63. The molecule has 0 spiro atoms. The van der Waals surface area contributed by atoms with E-state index in [1.807, 2.05) is 0 Å². The summed E-state index contributed by atoms with van der Waals surface area (Å²) in [5.41, 5.74) is 6.89. The Morgan fingerprint density at radius 1 is 1.35 bits per heavy atom. The molecule has 96 valence electrons. The Bertz CT molecular complexity index is 306. The van der Waals surface area contributed by atoms with Crippen LogP contribution < -0.4 is 11.2 Å². The average molecular weight is 243 g/mol. The van der Waals surface area contributed by atoms with Gasteiger partial charge in [-0.3, -0.25) is 19.2 Å². The van der Waals surface area contributed by atoms with E-state index in [1.54, 1.807) is 0 Å². The number of carbonyl (C=O) groups is 3. The molecular formula is C10H17N3O4. The Labute approximate surface area is 99.2 Å². The third kappa shape index (κ3) is 5.30. The predicted octanol–water partition coefficient (Wildman–Crippen LogP) is -1.08. The number of hydrogen-bond donors (Lipinski definition) is 2. The van der Waals surface area contributed by atoms with Crippen LogP contribution in [0.25, 0.3) is 0 Å². The first-order valence-corrected chi connectivity index (χ1v) is 5.56. The summed E-state index contributed by atoms with van der Waals surface area (Å²) in [5, 5.41) is 0. The number of hydroxylamine groups is 1. The van der Waals surface area contributed by atoms with Crippen molar-refractivity contribution in [1.82, 2.24) is 10.4 Å². The molecule has 0 aromatic rings. The number of hydrogen-bond acceptors (Lipinski definition) is 4. The van der Waals surface area contributed by atoms with Crippen molar-refractivity contribution in [1.29, 1.82) is 0 Å². The summed E-state index contributed by atoms with van der Waals surface area (Å²) in [6, 6.07) is 0. The van der Waals surface area contributed by atoms with Gasteiger partial charge >= 0.3 is 0 Å². The minimum Gasteiger partial charge on any atom is -0.368 e. The zero-order valence-electron chi connectivity index (χ0n) is 9.61. The van der Waals surface area contributed by atoms with E-state index < -0.39 is 11.8 Å². The molecule has 0 atom stereocenters. The van der Waals surface area contributed by atoms with Gasteiger partial charge in [-0.15, -0.1) is 0 Å². The summed E-state index contributed by atoms with van der Waals surface area (Å²) in [6.07, 6.45) is 3.26. The largest absolute Gasteiger partial charge is 0.368 e. The minimum atomic E-state index is -0.670. The molecule has 3 amide bonds. The van der Waals surface area contributed by atoms with E-state index in [4.69, 9.17) is 5.73 Å². The van der Waals surface area contributed by atoms with Crippen LogP contribution in [0.1, 0.15) is 25.7 Å². The minimum absolute atomic E-state index is 0.0208. The molecule has 1 rings (SSSR count). The molecule has 3 N–H and O–H groups in total. The third-order valence-electron chi connectivity index (χ3n) is 2.41. The lowest BCUT2D eigenvalue weighted by molar-refractivity contribution is -0.143. The molecule has 17 heavy (non-hydrogen) atoms. The van der Waals surface area contributed by atoms with Crippen LogP contribution in [0.3, 0.4) is 0 Å². The lowest BCUT2D eigenvalue weighted by Crippen LogP contribution is -2.41. The number of rotatable bonds is 5. The van der Waals surface area contributed by atoms with Gasteiger partial charge in [0, 0.05) is 13.0 Å². The molecule has 1 aliphatic heterocycles. The standard InChI is InChI=1S/C10H17N3O4/c11-8(14)7-17-12-9(15)6-13-5-3-1-2-4-10(13)16/h1-7H2,(H2,11,14)(H,12,15). The van der Waals surface area contributed by atoms with Crippen LogP contribution in [0, 0.1) is 0 Å². The average Bonchev–Trinajstić information content (AvgIpc) is 2.44. The smallest absolute Gasteiger partial charge is 0.263 e. The number of nitrogens with two attached hydrogens (primary N) is 1. The molecule has 0 aromatic heterocycles. The summed E-state index contributed by atoms with van der Waals surface area (Å²) in [5.74, 6) is -1.15. The fraction of sp³-hybridized carbons (Fsp3) is 0.700. The van der Waals surface area contributed by atoms with Crippen molar-refractivity contribution >= 4 is 17.7 Å². The van der Waals surface area contributed by atoms with Gasteiger partial charge in [0.2, 0.25) is 11.8 Å². The first-order valence-electron chi connectivity index (χ1n) is 5.56. The van der Waals surface area contributed by atoms with Gasteiger partial charge < -0.3 is 10.6 Å². The number of primary amides is 1. The van der Waals surface area contributed by atoms with Crippen molar-refractivity contribution in [2.75, 3.05) is 19.7 Å². The van der Waals surface area contributed by atoms with E-state index in [-0.39, 0.29) is 19.1 Å². The maximum Gasteiger partial charge on any atom is 0.263 e. The van der Waals surface area contributed by atoms with Gasteiger partial charge in [-0.2, -0.15) is 0 Å². The summed E-state index contributed by atoms with van der Waals surface area (Å²) >= 11 is 0. The van der Waals surface area contributed by atoms with Gasteiger partial charge in [0.1, 0.15) is 6.54 Å². The second-order valence-electron chi connectivity index (χ2n) is 3.91. The summed E-state index contributed by atoms with van der Waals surface area (Å²) in [7, 11) is 0. The topological polar surface area (TPSA) is 102 Å². The van der Waals surface area contributed by atoms with E-state index in [2.05, 4.69) is 10.3 Å². The van der Waals surface area contributed by atoms with Crippen LogP contribution in [0.15, 0.2) is 0 Å². The fourth-order valence-electron chi connectivity index (χ4n) is 1.60. The number of amides is 3. The van der Waals surface area contributed by atoms with Crippen molar-refractivity contribution in [2.45, 2.75) is 25.7 Å². The maximum atomic E-state index is 11.6. The molecule has 0 saturated carbocycles. The maximum absolute atomic E-state index is 11.6. The zero-order valence-corrected chi connectivity index (χ0v) is 9.61. The third-order valence-corrected chi connectivity index (χ3v) is 2.41. The Morgan fingerprint density at radius 2 is 2.12 bits per heavy atom. The fourth-order valence-corrected chi connectivity index (χ4v) is 1.60. The number of likely N-dealkylation sites (tertiary alicyclic amines) is 1. The van der Waals surface area contributed by atoms with Crippen LogP contribution in [-0.4, -0.2) is 42.3 Å². The van der Waals surface area contributed by atoms with Gasteiger partial charge in [-0.25, -0.2) is 5.48 Å². The first kappa shape index (κ1) is 13.4. The molecule has 1 heterocycles. The van der Waals surface area contributed by atoms with Crippen molar-refractivity contribution < 1.29 is 19.2 Å². The van der Waals surface area contributed by atoms with Crippen molar-refractivity contribution in [2.24, 2.45) is 5.73 Å². The van der Waals surface area contributed by atoms with E-state index >= 15 is 0 Å². The second kappa shape index (κ2) is 6.85. The van der Waals surface area contributed by atoms with Crippen LogP contribution >= 0.6 is 0 Å². The van der Waals surface area contributed by atoms with Gasteiger partial charge in [-0.1, -0.05) is 6.42 Å². The van der Waals surface area contributed by atoms with Gasteiger partial charge in [0.15, 0.2) is 6.61 Å². The van der Waals surface area contributed by atoms with E-state index in [1.165, 1.54) is 4.90 Å². The Kier molecular flexibility index (Phi) is 5.41. The molecule has 0 aliphatic carbocycles. The van der Waals surface area contributed by atoms with Crippen LogP contribution in [-0.2, 0) is 19.2 Å². The monoisotopic (exact) mass is 243 g/mol. The molecular weight excluding hydrogens is 226 g/mol. The van der Waals surface area contributed by atoms with E-state index in [9.17, 15) is 14.4 Å². The molecule has 1 saturated heterocycles. The first-order chi connectivity index (χ1) is 8.09. The van der Waals surface area contributed by atoms with Gasteiger partial charge in [-0.05, 0) is 12.8 Å². The highest BCUT2D eigenvalue weighted by Crippen LogP contribution is 2.10. The van der Waals surface area contributed by atoms with Crippen LogP contribution in [0.4, 0.5) is 0 Å². The number of nitrogens with zero attached hydrogens (tertiary/aromatic N) is 1. The van der Waals surface area contributed by atoms with Crippen LogP contribution in [0.2, 0.25) is 0 Å². The van der Waals surface area contributed by atoms with Gasteiger partial charge in [0.05, 0.1) is 0 Å². The Morgan fingerprint density at radius 3 is 2.82 bits per heavy atom. The SMILES string of the molecule is NC(=O)CONC(=O)CN1CCCCCC1=O. The molecule has 1 aliphatic rings. The van der Waals surface area contributed by atoms with Crippen LogP contribution in [0.5, 0.6) is 0 Å². The van der Waals surface area contributed by atoms with E-state index in [0.717, 1.165) is 19.3 Å². The molecule has 7 heteroatoms. The molecule has 0 aromatic carbocycles. The quantitative estimate of drug-likeness (QED) is 0.600. The predicted molar refractivity (Wildman–Crippen MR) is 58.3 cm³/mol. The zero-order chi connectivity index (χ0) is 12.7. The molecule has 1 fully saturated rings. The van der Waals surface area contributed by atoms with Crippen molar-refractivity contribution in [3.63, 3.8) is 0 Å². The molecule has 0 bridgehead atoms. The lowest BCUT2D eigenvalue weighted by atomic mass is 10.2. The molecule has 0 radical (unpaired) electrons. The van der Waals surface area contributed by atoms with Crippen molar-refractivity contribution in [3.05, 3.63) is 0 Å². The normalized spacial score (nSPS) is 16.5. The summed E-state index contributed by atoms with van der Waals surface area (Å²) in [4.78, 5) is 39.3. The molecule has 7 nitrogen and oxygen atoms in total. The Balaban J connectivity index is 2.28. The van der Waals surface area contributed by atoms with Gasteiger partial charge in [0.25, 0.3) is 5.91 Å². The summed E-state index contributed by atoms with van der Waals surface area (Å²) < 4.78 is 0. The number of nitrogens with one attached hydrogen (secondary N) is 1. The van der Waals surface area contributed by atoms with E-state index in [0.29, 0.717) is 13.0 Å². The molecule has 0 unspecified atom stereocenters. The van der Waals surface area contributed by atoms with Crippen molar-refractivity contribution in [3.8, 4) is 0 Å². The lowest BCUT2D eigenvalue weighted by Gasteiger charge is -2.19. The number of carbonyl (C=O) groups excluding carboxylic acids is 3. The highest BCUT2D eigenvalue weighted by molar-refractivity contribution is 5.84. The highest BCUT2D eigenvalue weighted by Gasteiger charge is 2.19.